The Labute approximate surface area is 106 Å². The molecule has 0 unspecified atom stereocenters. The van der Waals surface area contributed by atoms with E-state index in [2.05, 4.69) is 15.5 Å². The van der Waals surface area contributed by atoms with Crippen molar-refractivity contribution in [2.75, 3.05) is 7.05 Å². The summed E-state index contributed by atoms with van der Waals surface area (Å²) in [4.78, 5) is 4.18. The first-order valence-corrected chi connectivity index (χ1v) is 5.99. The molecule has 96 valence electrons. The summed E-state index contributed by atoms with van der Waals surface area (Å²) in [6.07, 6.45) is 0.742. The number of hydrogen-bond acceptors (Lipinski definition) is 5. The van der Waals surface area contributed by atoms with Gasteiger partial charge in [-0.2, -0.15) is 4.98 Å². The number of hydrogen-bond donors (Lipinski definition) is 1. The largest absolute Gasteiger partial charge is 0.485 e. The van der Waals surface area contributed by atoms with Crippen molar-refractivity contribution in [3.8, 4) is 5.75 Å². The molecule has 0 fully saturated rings. The van der Waals surface area contributed by atoms with Crippen LogP contribution >= 0.6 is 0 Å². The monoisotopic (exact) mass is 247 g/mol. The Balaban J connectivity index is 1.89. The number of nitrogens with one attached hydrogen (secondary N) is 1. The summed E-state index contributed by atoms with van der Waals surface area (Å²) in [7, 11) is 1.92. The fourth-order valence-corrected chi connectivity index (χ4v) is 1.55. The molecule has 0 saturated carbocycles. The molecule has 18 heavy (non-hydrogen) atoms. The molecular weight excluding hydrogens is 230 g/mol. The number of nitrogens with zero attached hydrogens (tertiary/aromatic N) is 2. The Bertz CT molecular complexity index is 479. The Kier molecular flexibility index (Phi) is 4.30. The van der Waals surface area contributed by atoms with E-state index in [0.717, 1.165) is 18.7 Å². The Morgan fingerprint density at radius 2 is 2.06 bits per heavy atom. The molecule has 0 spiro atoms. The van der Waals surface area contributed by atoms with Gasteiger partial charge in [0.15, 0.2) is 6.61 Å². The molecule has 5 heteroatoms. The molecular formula is C13H17N3O2. The van der Waals surface area contributed by atoms with Gasteiger partial charge in [0, 0.05) is 13.0 Å². The van der Waals surface area contributed by atoms with Crippen molar-refractivity contribution in [2.24, 2.45) is 0 Å². The predicted octanol–water partition coefficient (Wildman–Crippen LogP) is 1.93. The number of aryl methyl sites for hydroxylation is 1. The van der Waals surface area contributed by atoms with Gasteiger partial charge in [-0.1, -0.05) is 24.2 Å². The SMILES string of the molecule is CCc1nc(COc2ccc(CNC)cc2)no1. The zero-order valence-corrected chi connectivity index (χ0v) is 10.6. The Morgan fingerprint density at radius 3 is 2.67 bits per heavy atom. The molecule has 0 bridgehead atoms. The van der Waals surface area contributed by atoms with Crippen molar-refractivity contribution in [3.05, 3.63) is 41.5 Å². The lowest BCUT2D eigenvalue weighted by Crippen LogP contribution is -2.04. The highest BCUT2D eigenvalue weighted by Crippen LogP contribution is 2.13. The zero-order chi connectivity index (χ0) is 12.8. The van der Waals surface area contributed by atoms with Gasteiger partial charge in [-0.3, -0.25) is 0 Å². The number of benzene rings is 1. The normalized spacial score (nSPS) is 10.6. The van der Waals surface area contributed by atoms with Crippen LogP contribution in [-0.2, 0) is 19.6 Å². The average Bonchev–Trinajstić information content (AvgIpc) is 2.86. The quantitative estimate of drug-likeness (QED) is 0.845. The Morgan fingerprint density at radius 1 is 1.28 bits per heavy atom. The minimum Gasteiger partial charge on any atom is -0.485 e. The van der Waals surface area contributed by atoms with Crippen LogP contribution in [0.15, 0.2) is 28.8 Å². The van der Waals surface area contributed by atoms with Crippen molar-refractivity contribution >= 4 is 0 Å². The van der Waals surface area contributed by atoms with Crippen molar-refractivity contribution < 1.29 is 9.26 Å². The molecule has 2 rings (SSSR count). The third-order valence-electron chi connectivity index (χ3n) is 2.48. The van der Waals surface area contributed by atoms with Gasteiger partial charge in [-0.15, -0.1) is 0 Å². The second-order valence-corrected chi connectivity index (χ2v) is 3.92. The molecule has 0 aliphatic heterocycles. The highest BCUT2D eigenvalue weighted by atomic mass is 16.5. The van der Waals surface area contributed by atoms with Gasteiger partial charge in [-0.05, 0) is 24.7 Å². The van der Waals surface area contributed by atoms with Gasteiger partial charge in [-0.25, -0.2) is 0 Å². The lowest BCUT2D eigenvalue weighted by atomic mass is 10.2. The first kappa shape index (κ1) is 12.6. The van der Waals surface area contributed by atoms with Crippen LogP contribution in [0.25, 0.3) is 0 Å². The molecule has 0 radical (unpaired) electrons. The van der Waals surface area contributed by atoms with E-state index in [0.29, 0.717) is 18.3 Å². The molecule has 1 N–H and O–H groups in total. The average molecular weight is 247 g/mol. The summed E-state index contributed by atoms with van der Waals surface area (Å²) in [6, 6.07) is 7.93. The number of ether oxygens (including phenoxy) is 1. The summed E-state index contributed by atoms with van der Waals surface area (Å²) in [5, 5.41) is 6.93. The van der Waals surface area contributed by atoms with Gasteiger partial charge in [0.05, 0.1) is 0 Å². The van der Waals surface area contributed by atoms with Gasteiger partial charge in [0.2, 0.25) is 11.7 Å². The van der Waals surface area contributed by atoms with Gasteiger partial charge >= 0.3 is 0 Å². The minimum absolute atomic E-state index is 0.328. The molecule has 0 atom stereocenters. The van der Waals surface area contributed by atoms with Crippen molar-refractivity contribution in [2.45, 2.75) is 26.5 Å². The lowest BCUT2D eigenvalue weighted by Gasteiger charge is -2.04. The highest BCUT2D eigenvalue weighted by molar-refractivity contribution is 5.27. The van der Waals surface area contributed by atoms with E-state index in [-0.39, 0.29) is 0 Å². The predicted molar refractivity (Wildman–Crippen MR) is 67.2 cm³/mol. The molecule has 0 aliphatic rings. The molecule has 1 aromatic carbocycles. The summed E-state index contributed by atoms with van der Waals surface area (Å²) in [5.74, 6) is 2.02. The van der Waals surface area contributed by atoms with Crippen molar-refractivity contribution in [1.29, 1.82) is 0 Å². The molecule has 0 aliphatic carbocycles. The number of rotatable bonds is 6. The van der Waals surface area contributed by atoms with Crippen molar-refractivity contribution in [1.82, 2.24) is 15.5 Å². The first-order chi connectivity index (χ1) is 8.81. The smallest absolute Gasteiger partial charge is 0.226 e. The third kappa shape index (κ3) is 3.30. The summed E-state index contributed by atoms with van der Waals surface area (Å²) in [5.41, 5.74) is 1.22. The van der Waals surface area contributed by atoms with Crippen LogP contribution in [0.2, 0.25) is 0 Å². The van der Waals surface area contributed by atoms with E-state index in [4.69, 9.17) is 9.26 Å². The maximum atomic E-state index is 5.58. The highest BCUT2D eigenvalue weighted by Gasteiger charge is 2.04. The Hall–Kier alpha value is -1.88. The van der Waals surface area contributed by atoms with Crippen LogP contribution in [0, 0.1) is 0 Å². The molecule has 1 aromatic heterocycles. The van der Waals surface area contributed by atoms with Crippen LogP contribution in [0.1, 0.15) is 24.2 Å². The first-order valence-electron chi connectivity index (χ1n) is 5.99. The van der Waals surface area contributed by atoms with Crippen LogP contribution in [0.4, 0.5) is 0 Å². The van der Waals surface area contributed by atoms with Crippen LogP contribution in [0.5, 0.6) is 5.75 Å². The molecule has 2 aromatic rings. The summed E-state index contributed by atoms with van der Waals surface area (Å²) < 4.78 is 10.6. The standard InChI is InChI=1S/C13H17N3O2/c1-3-13-15-12(16-18-13)9-17-11-6-4-10(5-7-11)8-14-2/h4-7,14H,3,8-9H2,1-2H3. The van der Waals surface area contributed by atoms with Gasteiger partial charge in [0.25, 0.3) is 0 Å². The van der Waals surface area contributed by atoms with Crippen LogP contribution < -0.4 is 10.1 Å². The summed E-state index contributed by atoms with van der Waals surface area (Å²) >= 11 is 0. The minimum atomic E-state index is 0.328. The molecule has 0 saturated heterocycles. The fourth-order valence-electron chi connectivity index (χ4n) is 1.55. The maximum absolute atomic E-state index is 5.58. The van der Waals surface area contributed by atoms with Gasteiger partial charge in [0.1, 0.15) is 5.75 Å². The van der Waals surface area contributed by atoms with E-state index in [1.165, 1.54) is 5.56 Å². The van der Waals surface area contributed by atoms with E-state index in [1.54, 1.807) is 0 Å². The van der Waals surface area contributed by atoms with E-state index in [9.17, 15) is 0 Å². The number of aromatic nitrogens is 2. The van der Waals surface area contributed by atoms with E-state index in [1.807, 2.05) is 38.2 Å². The fraction of sp³-hybridized carbons (Fsp3) is 0.385. The van der Waals surface area contributed by atoms with Crippen molar-refractivity contribution in [3.63, 3.8) is 0 Å². The maximum Gasteiger partial charge on any atom is 0.226 e. The van der Waals surface area contributed by atoms with Crippen LogP contribution in [-0.4, -0.2) is 17.2 Å². The van der Waals surface area contributed by atoms with Crippen LogP contribution in [0.3, 0.4) is 0 Å². The summed E-state index contributed by atoms with van der Waals surface area (Å²) in [6.45, 7) is 3.15. The molecule has 5 nitrogen and oxygen atoms in total. The van der Waals surface area contributed by atoms with E-state index >= 15 is 0 Å². The topological polar surface area (TPSA) is 60.2 Å². The lowest BCUT2D eigenvalue weighted by molar-refractivity contribution is 0.285. The molecule has 1 heterocycles. The second kappa shape index (κ2) is 6.16. The molecule has 0 amide bonds. The van der Waals surface area contributed by atoms with Gasteiger partial charge < -0.3 is 14.6 Å². The second-order valence-electron chi connectivity index (χ2n) is 3.92. The zero-order valence-electron chi connectivity index (χ0n) is 10.6. The van der Waals surface area contributed by atoms with E-state index < -0.39 is 0 Å². The third-order valence-corrected chi connectivity index (χ3v) is 2.48.